The molecule has 0 atom stereocenters. The van der Waals surface area contributed by atoms with E-state index >= 15 is 0 Å². The first-order chi connectivity index (χ1) is 8.73. The first-order valence-electron chi connectivity index (χ1n) is 6.30. The Balaban J connectivity index is 2.79. The summed E-state index contributed by atoms with van der Waals surface area (Å²) in [5.41, 5.74) is 1.25. The standard InChI is InChI=1S/C14H21NO4/c1-6-18-11(16)8-10-7-9(2)12(15-10)13(17)19-14(3,4)5/h7,15H,6,8H2,1-5H3. The highest BCUT2D eigenvalue weighted by Gasteiger charge is 2.21. The summed E-state index contributed by atoms with van der Waals surface area (Å²) in [7, 11) is 0. The number of carbonyl (C=O) groups is 2. The number of aromatic amines is 1. The second-order valence-electron chi connectivity index (χ2n) is 5.34. The minimum absolute atomic E-state index is 0.122. The van der Waals surface area contributed by atoms with Crippen LogP contribution < -0.4 is 0 Å². The molecule has 0 radical (unpaired) electrons. The molecule has 0 saturated heterocycles. The second-order valence-corrected chi connectivity index (χ2v) is 5.34. The second kappa shape index (κ2) is 5.91. The Bertz CT molecular complexity index is 468. The van der Waals surface area contributed by atoms with Gasteiger partial charge in [0.25, 0.3) is 0 Å². The zero-order chi connectivity index (χ0) is 14.6. The van der Waals surface area contributed by atoms with Crippen LogP contribution in [-0.2, 0) is 20.7 Å². The molecule has 0 spiro atoms. The smallest absolute Gasteiger partial charge is 0.355 e. The van der Waals surface area contributed by atoms with E-state index in [1.807, 2.05) is 20.8 Å². The summed E-state index contributed by atoms with van der Waals surface area (Å²) < 4.78 is 10.1. The van der Waals surface area contributed by atoms with Crippen LogP contribution in [0, 0.1) is 6.92 Å². The summed E-state index contributed by atoms with van der Waals surface area (Å²) in [5, 5.41) is 0. The predicted octanol–water partition coefficient (Wildman–Crippen LogP) is 2.38. The normalized spacial score (nSPS) is 11.2. The molecule has 1 heterocycles. The predicted molar refractivity (Wildman–Crippen MR) is 71.0 cm³/mol. The summed E-state index contributed by atoms with van der Waals surface area (Å²) in [6.45, 7) is 9.32. The van der Waals surface area contributed by atoms with Gasteiger partial charge in [-0.25, -0.2) is 4.79 Å². The average Bonchev–Trinajstić information content (AvgIpc) is 2.57. The molecule has 1 rings (SSSR count). The third kappa shape index (κ3) is 4.77. The molecule has 106 valence electrons. The number of ether oxygens (including phenoxy) is 2. The van der Waals surface area contributed by atoms with Crippen LogP contribution in [0.3, 0.4) is 0 Å². The summed E-state index contributed by atoms with van der Waals surface area (Å²) in [6.07, 6.45) is 0.122. The van der Waals surface area contributed by atoms with E-state index in [4.69, 9.17) is 9.47 Å². The lowest BCUT2D eigenvalue weighted by Crippen LogP contribution is -2.24. The fourth-order valence-electron chi connectivity index (χ4n) is 1.63. The lowest BCUT2D eigenvalue weighted by Gasteiger charge is -2.19. The van der Waals surface area contributed by atoms with Crippen molar-refractivity contribution < 1.29 is 19.1 Å². The third-order valence-corrected chi connectivity index (χ3v) is 2.31. The Morgan fingerprint density at radius 2 is 1.95 bits per heavy atom. The fourth-order valence-corrected chi connectivity index (χ4v) is 1.63. The number of H-pyrrole nitrogens is 1. The monoisotopic (exact) mass is 267 g/mol. The first-order valence-corrected chi connectivity index (χ1v) is 6.30. The Morgan fingerprint density at radius 3 is 2.47 bits per heavy atom. The zero-order valence-electron chi connectivity index (χ0n) is 12.1. The van der Waals surface area contributed by atoms with Gasteiger partial charge < -0.3 is 14.5 Å². The molecule has 0 aliphatic heterocycles. The molecule has 1 N–H and O–H groups in total. The van der Waals surface area contributed by atoms with E-state index in [9.17, 15) is 9.59 Å². The minimum Gasteiger partial charge on any atom is -0.466 e. The van der Waals surface area contributed by atoms with Gasteiger partial charge in [-0.2, -0.15) is 0 Å². The third-order valence-electron chi connectivity index (χ3n) is 2.31. The van der Waals surface area contributed by atoms with Gasteiger partial charge in [0.15, 0.2) is 0 Å². The maximum Gasteiger partial charge on any atom is 0.355 e. The summed E-state index contributed by atoms with van der Waals surface area (Å²) >= 11 is 0. The molecule has 5 nitrogen and oxygen atoms in total. The minimum atomic E-state index is -0.546. The number of aromatic nitrogens is 1. The molecule has 0 saturated carbocycles. The van der Waals surface area contributed by atoms with Gasteiger partial charge >= 0.3 is 11.9 Å². The van der Waals surface area contributed by atoms with Crippen LogP contribution in [-0.4, -0.2) is 29.1 Å². The van der Waals surface area contributed by atoms with Crippen molar-refractivity contribution in [1.82, 2.24) is 4.98 Å². The van der Waals surface area contributed by atoms with Crippen molar-refractivity contribution in [2.75, 3.05) is 6.61 Å². The highest BCUT2D eigenvalue weighted by molar-refractivity contribution is 5.89. The summed E-state index contributed by atoms with van der Waals surface area (Å²) in [4.78, 5) is 26.2. The van der Waals surface area contributed by atoms with Crippen molar-refractivity contribution in [3.8, 4) is 0 Å². The Morgan fingerprint density at radius 1 is 1.32 bits per heavy atom. The molecule has 0 aliphatic carbocycles. The summed E-state index contributed by atoms with van der Waals surface area (Å²) in [6, 6.07) is 1.76. The van der Waals surface area contributed by atoms with Gasteiger partial charge in [-0.15, -0.1) is 0 Å². The van der Waals surface area contributed by atoms with Crippen molar-refractivity contribution in [2.45, 2.75) is 46.6 Å². The van der Waals surface area contributed by atoms with Crippen LogP contribution in [0.4, 0.5) is 0 Å². The average molecular weight is 267 g/mol. The Labute approximate surface area is 113 Å². The lowest BCUT2D eigenvalue weighted by molar-refractivity contribution is -0.142. The number of hydrogen-bond acceptors (Lipinski definition) is 4. The Hall–Kier alpha value is -1.78. The molecular weight excluding hydrogens is 246 g/mol. The van der Waals surface area contributed by atoms with Gasteiger partial charge in [0, 0.05) is 5.69 Å². The van der Waals surface area contributed by atoms with E-state index in [-0.39, 0.29) is 12.4 Å². The Kier molecular flexibility index (Phi) is 4.75. The zero-order valence-corrected chi connectivity index (χ0v) is 12.1. The van der Waals surface area contributed by atoms with Gasteiger partial charge in [0.2, 0.25) is 0 Å². The SMILES string of the molecule is CCOC(=O)Cc1cc(C)c(C(=O)OC(C)(C)C)[nH]1. The number of esters is 2. The van der Waals surface area contributed by atoms with Crippen molar-refractivity contribution in [3.05, 3.63) is 23.0 Å². The van der Waals surface area contributed by atoms with Crippen LogP contribution in [0.2, 0.25) is 0 Å². The van der Waals surface area contributed by atoms with Crippen LogP contribution in [0.25, 0.3) is 0 Å². The highest BCUT2D eigenvalue weighted by Crippen LogP contribution is 2.16. The molecule has 19 heavy (non-hydrogen) atoms. The summed E-state index contributed by atoms with van der Waals surface area (Å²) in [5.74, 6) is -0.736. The molecule has 0 aliphatic rings. The van der Waals surface area contributed by atoms with E-state index < -0.39 is 11.6 Å². The van der Waals surface area contributed by atoms with Crippen LogP contribution >= 0.6 is 0 Å². The topological polar surface area (TPSA) is 68.4 Å². The van der Waals surface area contributed by atoms with Crippen molar-refractivity contribution in [3.63, 3.8) is 0 Å². The van der Waals surface area contributed by atoms with E-state index in [0.717, 1.165) is 5.56 Å². The van der Waals surface area contributed by atoms with Crippen molar-refractivity contribution >= 4 is 11.9 Å². The first kappa shape index (κ1) is 15.3. The molecule has 0 bridgehead atoms. The van der Waals surface area contributed by atoms with Gasteiger partial charge in [-0.05, 0) is 46.2 Å². The largest absolute Gasteiger partial charge is 0.466 e. The molecule has 1 aromatic heterocycles. The van der Waals surface area contributed by atoms with Gasteiger partial charge in [0.1, 0.15) is 11.3 Å². The number of nitrogens with one attached hydrogen (secondary N) is 1. The van der Waals surface area contributed by atoms with Crippen LogP contribution in [0.15, 0.2) is 6.07 Å². The quantitative estimate of drug-likeness (QED) is 0.850. The molecular formula is C14H21NO4. The van der Waals surface area contributed by atoms with Gasteiger partial charge in [-0.1, -0.05) is 0 Å². The lowest BCUT2D eigenvalue weighted by atomic mass is 10.2. The van der Waals surface area contributed by atoms with Crippen LogP contribution in [0.1, 0.15) is 49.4 Å². The van der Waals surface area contributed by atoms with E-state index in [2.05, 4.69) is 4.98 Å². The van der Waals surface area contributed by atoms with Gasteiger partial charge in [-0.3, -0.25) is 4.79 Å². The molecule has 0 unspecified atom stereocenters. The van der Waals surface area contributed by atoms with Crippen molar-refractivity contribution in [1.29, 1.82) is 0 Å². The molecule has 1 aromatic rings. The number of rotatable bonds is 4. The van der Waals surface area contributed by atoms with Crippen LogP contribution in [0.5, 0.6) is 0 Å². The van der Waals surface area contributed by atoms with E-state index in [1.54, 1.807) is 19.9 Å². The van der Waals surface area contributed by atoms with Crippen molar-refractivity contribution in [2.24, 2.45) is 0 Å². The maximum atomic E-state index is 11.9. The molecule has 0 aromatic carbocycles. The molecule has 5 heteroatoms. The molecule has 0 fully saturated rings. The number of aryl methyl sites for hydroxylation is 1. The number of hydrogen-bond donors (Lipinski definition) is 1. The van der Waals surface area contributed by atoms with Gasteiger partial charge in [0.05, 0.1) is 13.0 Å². The van der Waals surface area contributed by atoms with E-state index in [0.29, 0.717) is 18.0 Å². The van der Waals surface area contributed by atoms with E-state index in [1.165, 1.54) is 0 Å². The fraction of sp³-hybridized carbons (Fsp3) is 0.571. The molecule has 0 amide bonds. The maximum absolute atomic E-state index is 11.9. The number of carbonyl (C=O) groups excluding carboxylic acids is 2. The highest BCUT2D eigenvalue weighted by atomic mass is 16.6.